The van der Waals surface area contributed by atoms with Gasteiger partial charge in [0.1, 0.15) is 25.1 Å². The summed E-state index contributed by atoms with van der Waals surface area (Å²) in [4.78, 5) is 50.6. The summed E-state index contributed by atoms with van der Waals surface area (Å²) in [5.41, 5.74) is -1.90. The SMILES string of the molecule is C=C(C)C[C@]1(c2ccc(Br)cc2)NC(=NC(=O)OCc2ccccc2)N([C@H](COC(=O)NC(C)(C)C(F)F)c2ccc(Cl)c(-c3ncnn3C(F)F)c2)C1=O. The number of rotatable bonds is 13. The van der Waals surface area contributed by atoms with Gasteiger partial charge in [-0.25, -0.2) is 23.4 Å². The van der Waals surface area contributed by atoms with Gasteiger partial charge in [0, 0.05) is 16.5 Å². The van der Waals surface area contributed by atoms with Gasteiger partial charge in [-0.15, -0.1) is 11.6 Å². The molecule has 3 aromatic carbocycles. The smallest absolute Gasteiger partial charge is 0.437 e. The lowest BCUT2D eigenvalue weighted by atomic mass is 9.84. The van der Waals surface area contributed by atoms with E-state index in [1.807, 2.05) is 0 Å². The van der Waals surface area contributed by atoms with Crippen molar-refractivity contribution in [1.29, 1.82) is 0 Å². The van der Waals surface area contributed by atoms with Crippen molar-refractivity contribution in [1.82, 2.24) is 30.3 Å². The first-order valence-electron chi connectivity index (χ1n) is 16.5. The molecule has 1 aliphatic rings. The van der Waals surface area contributed by atoms with E-state index < -0.39 is 54.8 Å². The molecule has 5 rings (SSSR count). The molecule has 3 amide bonds. The summed E-state index contributed by atoms with van der Waals surface area (Å²) >= 11 is 9.88. The van der Waals surface area contributed by atoms with Crippen molar-refractivity contribution in [3.8, 4) is 11.4 Å². The number of guanidine groups is 1. The van der Waals surface area contributed by atoms with E-state index in [-0.39, 0.29) is 41.0 Å². The van der Waals surface area contributed by atoms with Crippen LogP contribution in [0.15, 0.2) is 101 Å². The molecule has 1 fully saturated rings. The number of carbonyl (C=O) groups excluding carboxylic acids is 3. The highest BCUT2D eigenvalue weighted by Crippen LogP contribution is 2.41. The highest BCUT2D eigenvalue weighted by Gasteiger charge is 2.54. The van der Waals surface area contributed by atoms with E-state index in [1.165, 1.54) is 18.2 Å². The first-order chi connectivity index (χ1) is 26.0. The van der Waals surface area contributed by atoms with E-state index in [1.54, 1.807) is 61.5 Å². The van der Waals surface area contributed by atoms with Crippen LogP contribution in [0.3, 0.4) is 0 Å². The lowest BCUT2D eigenvalue weighted by Gasteiger charge is -2.31. The molecule has 0 spiro atoms. The van der Waals surface area contributed by atoms with Gasteiger partial charge in [0.2, 0.25) is 5.96 Å². The number of alkyl carbamates (subject to hydrolysis) is 1. The van der Waals surface area contributed by atoms with E-state index in [0.29, 0.717) is 25.9 Å². The van der Waals surface area contributed by atoms with Crippen molar-refractivity contribution < 1.29 is 41.4 Å². The molecule has 12 nitrogen and oxygen atoms in total. The van der Waals surface area contributed by atoms with Crippen molar-refractivity contribution in [2.24, 2.45) is 4.99 Å². The van der Waals surface area contributed by atoms with Crippen LogP contribution in [-0.4, -0.2) is 62.3 Å². The number of nitrogens with zero attached hydrogens (tertiary/aromatic N) is 5. The first kappa shape index (κ1) is 40.9. The monoisotopic (exact) mass is 847 g/mol. The van der Waals surface area contributed by atoms with Gasteiger partial charge in [-0.05, 0) is 61.7 Å². The number of halogens is 6. The molecule has 2 N–H and O–H groups in total. The maximum Gasteiger partial charge on any atom is 0.437 e. The molecule has 2 heterocycles. The number of amides is 3. The van der Waals surface area contributed by atoms with Crippen LogP contribution in [0.5, 0.6) is 0 Å². The summed E-state index contributed by atoms with van der Waals surface area (Å²) < 4.78 is 67.1. The second-order valence-corrected chi connectivity index (χ2v) is 14.5. The van der Waals surface area contributed by atoms with Crippen LogP contribution >= 0.6 is 27.5 Å². The lowest BCUT2D eigenvalue weighted by Crippen LogP contribution is -2.49. The number of hydrogen-bond donors (Lipinski definition) is 2. The fraction of sp³-hybridized carbons (Fsp3) is 0.297. The van der Waals surface area contributed by atoms with Gasteiger partial charge in [-0.1, -0.05) is 81.6 Å². The van der Waals surface area contributed by atoms with Crippen LogP contribution in [0.1, 0.15) is 56.5 Å². The molecule has 0 unspecified atom stereocenters. The number of hydrogen-bond acceptors (Lipinski definition) is 7. The zero-order valence-corrected chi connectivity index (χ0v) is 32.0. The minimum atomic E-state index is -3.10. The molecule has 1 saturated heterocycles. The van der Waals surface area contributed by atoms with Gasteiger partial charge in [0.25, 0.3) is 12.3 Å². The molecular formula is C37H35BrClF4N7O5. The average molecular weight is 849 g/mol. The Kier molecular flexibility index (Phi) is 12.7. The fourth-order valence-electron chi connectivity index (χ4n) is 5.76. The molecule has 0 aliphatic carbocycles. The summed E-state index contributed by atoms with van der Waals surface area (Å²) in [5.74, 6) is -1.35. The Morgan fingerprint density at radius 2 is 1.76 bits per heavy atom. The lowest BCUT2D eigenvalue weighted by molar-refractivity contribution is -0.133. The zero-order chi connectivity index (χ0) is 40.1. The molecule has 0 radical (unpaired) electrons. The molecule has 1 aromatic heterocycles. The molecule has 18 heteroatoms. The Bertz CT molecular complexity index is 2090. The van der Waals surface area contributed by atoms with Crippen LogP contribution in [-0.2, 0) is 26.4 Å². The van der Waals surface area contributed by atoms with E-state index in [9.17, 15) is 27.2 Å². The number of aromatic nitrogens is 3. The predicted octanol–water partition coefficient (Wildman–Crippen LogP) is 8.55. The fourth-order valence-corrected chi connectivity index (χ4v) is 6.22. The third-order valence-electron chi connectivity index (χ3n) is 8.47. The number of carbonyl (C=O) groups is 3. The van der Waals surface area contributed by atoms with Crippen molar-refractivity contribution in [3.05, 3.63) is 117 Å². The Balaban J connectivity index is 1.67. The third kappa shape index (κ3) is 9.33. The van der Waals surface area contributed by atoms with Crippen LogP contribution < -0.4 is 10.6 Å². The molecule has 55 heavy (non-hydrogen) atoms. The van der Waals surface area contributed by atoms with Crippen molar-refractivity contribution in [2.45, 2.75) is 63.9 Å². The number of aliphatic imine (C=N–C) groups is 1. The van der Waals surface area contributed by atoms with E-state index >= 15 is 4.79 Å². The highest BCUT2D eigenvalue weighted by atomic mass is 79.9. The minimum absolute atomic E-state index is 0.0119. The normalized spacial score (nSPS) is 17.0. The largest absolute Gasteiger partial charge is 0.447 e. The van der Waals surface area contributed by atoms with Crippen LogP contribution in [0.4, 0.5) is 27.2 Å². The molecule has 4 aromatic rings. The van der Waals surface area contributed by atoms with Gasteiger partial charge in [-0.2, -0.15) is 18.6 Å². The second-order valence-electron chi connectivity index (χ2n) is 13.1. The van der Waals surface area contributed by atoms with E-state index in [4.69, 9.17) is 21.1 Å². The maximum absolute atomic E-state index is 15.1. The van der Waals surface area contributed by atoms with Crippen LogP contribution in [0, 0.1) is 0 Å². The Hall–Kier alpha value is -5.29. The molecule has 2 atom stereocenters. The van der Waals surface area contributed by atoms with Gasteiger partial charge in [-0.3, -0.25) is 9.69 Å². The summed E-state index contributed by atoms with van der Waals surface area (Å²) in [6, 6.07) is 18.2. The highest BCUT2D eigenvalue weighted by molar-refractivity contribution is 9.10. The molecule has 1 aliphatic heterocycles. The summed E-state index contributed by atoms with van der Waals surface area (Å²) in [5, 5.41) is 8.77. The summed E-state index contributed by atoms with van der Waals surface area (Å²) in [6.45, 7) is 3.91. The molecule has 290 valence electrons. The number of benzene rings is 3. The third-order valence-corrected chi connectivity index (χ3v) is 9.33. The standard InChI is InChI=1S/C37H35BrClF4N7O5/c1-21(2)17-37(24-11-13-25(38)14-12-24)31(51)49(33(47-37)46-34(52)54-18-22-8-6-5-7-9-22)28(19-55-35(53)48-36(3,4)30(40)41)23-10-15-27(39)26(16-23)29-44-20-45-50(29)32(42)43/h5-16,20,28,30,32H,1,17-19H2,2-4H3,(H,48,53)(H,46,47,52)/t28-,37-/m1/s1. The average Bonchev–Trinajstić information content (AvgIpc) is 3.72. The Morgan fingerprint density at radius 3 is 2.40 bits per heavy atom. The molecule has 0 bridgehead atoms. The Labute approximate surface area is 326 Å². The number of nitrogens with one attached hydrogen (secondary N) is 2. The van der Waals surface area contributed by atoms with Gasteiger partial charge in [0.15, 0.2) is 5.82 Å². The Morgan fingerprint density at radius 1 is 1.07 bits per heavy atom. The van der Waals surface area contributed by atoms with Gasteiger partial charge < -0.3 is 20.1 Å². The van der Waals surface area contributed by atoms with Crippen molar-refractivity contribution in [2.75, 3.05) is 6.61 Å². The molecular weight excluding hydrogens is 814 g/mol. The van der Waals surface area contributed by atoms with E-state index in [2.05, 4.69) is 48.2 Å². The number of alkyl halides is 4. The maximum atomic E-state index is 15.1. The number of ether oxygens (including phenoxy) is 2. The first-order valence-corrected chi connectivity index (χ1v) is 17.7. The van der Waals surface area contributed by atoms with Gasteiger partial charge >= 0.3 is 18.7 Å². The second kappa shape index (κ2) is 17.0. The van der Waals surface area contributed by atoms with Crippen molar-refractivity contribution >= 4 is 51.6 Å². The predicted molar refractivity (Wildman–Crippen MR) is 198 cm³/mol. The van der Waals surface area contributed by atoms with Crippen molar-refractivity contribution in [3.63, 3.8) is 0 Å². The summed E-state index contributed by atoms with van der Waals surface area (Å²) in [6.07, 6.45) is -4.43. The van der Waals surface area contributed by atoms with Crippen LogP contribution in [0.25, 0.3) is 11.4 Å². The van der Waals surface area contributed by atoms with E-state index in [0.717, 1.165) is 25.1 Å². The van der Waals surface area contributed by atoms with Gasteiger partial charge in [0.05, 0.1) is 16.6 Å². The molecule has 0 saturated carbocycles. The van der Waals surface area contributed by atoms with Crippen LogP contribution in [0.2, 0.25) is 5.02 Å². The summed E-state index contributed by atoms with van der Waals surface area (Å²) in [7, 11) is 0. The minimum Gasteiger partial charge on any atom is -0.447 e. The topological polar surface area (TPSA) is 140 Å². The zero-order valence-electron chi connectivity index (χ0n) is 29.6. The quantitative estimate of drug-likeness (QED) is 0.101.